The highest BCUT2D eigenvalue weighted by Crippen LogP contribution is 2.16. The summed E-state index contributed by atoms with van der Waals surface area (Å²) in [5, 5.41) is 3.52. The second kappa shape index (κ2) is 7.09. The Morgan fingerprint density at radius 2 is 1.90 bits per heavy atom. The van der Waals surface area contributed by atoms with Gasteiger partial charge in [0.05, 0.1) is 6.61 Å². The zero-order valence-electron chi connectivity index (χ0n) is 13.3. The number of piperazine rings is 1. The van der Waals surface area contributed by atoms with Crippen molar-refractivity contribution in [1.82, 2.24) is 10.2 Å². The van der Waals surface area contributed by atoms with Gasteiger partial charge in [-0.15, -0.1) is 0 Å². The first-order valence-electron chi connectivity index (χ1n) is 7.73. The number of nitrogens with one attached hydrogen (secondary N) is 1. The van der Waals surface area contributed by atoms with Crippen LogP contribution in [0.5, 0.6) is 5.75 Å². The van der Waals surface area contributed by atoms with Gasteiger partial charge in [0.25, 0.3) is 0 Å². The molecule has 1 aliphatic heterocycles. The highest BCUT2D eigenvalue weighted by molar-refractivity contribution is 5.32. The van der Waals surface area contributed by atoms with Gasteiger partial charge in [-0.2, -0.15) is 0 Å². The molecule has 2 unspecified atom stereocenters. The van der Waals surface area contributed by atoms with Gasteiger partial charge in [0.1, 0.15) is 5.75 Å². The van der Waals surface area contributed by atoms with Crippen LogP contribution in [0.3, 0.4) is 0 Å². The van der Waals surface area contributed by atoms with Gasteiger partial charge in [-0.05, 0) is 57.4 Å². The van der Waals surface area contributed by atoms with Gasteiger partial charge in [0, 0.05) is 31.7 Å². The molecule has 1 saturated heterocycles. The Morgan fingerprint density at radius 1 is 1.20 bits per heavy atom. The lowest BCUT2D eigenvalue weighted by Crippen LogP contribution is -2.54. The Hall–Kier alpha value is -1.06. The van der Waals surface area contributed by atoms with Gasteiger partial charge in [0.15, 0.2) is 0 Å². The van der Waals surface area contributed by atoms with Crippen molar-refractivity contribution in [3.63, 3.8) is 0 Å². The lowest BCUT2D eigenvalue weighted by Gasteiger charge is -2.37. The van der Waals surface area contributed by atoms with Crippen LogP contribution in [0, 0.1) is 13.8 Å². The van der Waals surface area contributed by atoms with E-state index in [-0.39, 0.29) is 0 Å². The minimum atomic E-state index is 0.603. The first-order chi connectivity index (χ1) is 9.54. The van der Waals surface area contributed by atoms with Crippen molar-refractivity contribution in [2.24, 2.45) is 0 Å². The topological polar surface area (TPSA) is 24.5 Å². The maximum Gasteiger partial charge on any atom is 0.119 e. The molecule has 0 radical (unpaired) electrons. The van der Waals surface area contributed by atoms with Gasteiger partial charge in [-0.1, -0.05) is 6.07 Å². The highest BCUT2D eigenvalue weighted by atomic mass is 16.5. The summed E-state index contributed by atoms with van der Waals surface area (Å²) in [4.78, 5) is 2.56. The van der Waals surface area contributed by atoms with Crippen molar-refractivity contribution in [3.05, 3.63) is 29.3 Å². The normalized spacial score (nSPS) is 23.8. The zero-order chi connectivity index (χ0) is 14.5. The van der Waals surface area contributed by atoms with E-state index in [1.807, 2.05) is 0 Å². The maximum absolute atomic E-state index is 5.88. The minimum Gasteiger partial charge on any atom is -0.494 e. The van der Waals surface area contributed by atoms with Gasteiger partial charge < -0.3 is 10.1 Å². The molecule has 2 atom stereocenters. The molecule has 0 bridgehead atoms. The third-order valence-electron chi connectivity index (χ3n) is 3.95. The molecule has 3 nitrogen and oxygen atoms in total. The van der Waals surface area contributed by atoms with E-state index in [1.165, 1.54) is 11.1 Å². The second-order valence-corrected chi connectivity index (χ2v) is 6.18. The molecule has 0 amide bonds. The summed E-state index contributed by atoms with van der Waals surface area (Å²) in [7, 11) is 0. The molecule has 1 aromatic rings. The minimum absolute atomic E-state index is 0.603. The first kappa shape index (κ1) is 15.3. The Bertz CT molecular complexity index is 413. The molecule has 112 valence electrons. The van der Waals surface area contributed by atoms with Crippen molar-refractivity contribution in [1.29, 1.82) is 0 Å². The molecule has 0 spiro atoms. The lowest BCUT2D eigenvalue weighted by atomic mass is 10.1. The molecule has 3 heteroatoms. The Balaban J connectivity index is 1.73. The average molecular weight is 276 g/mol. The van der Waals surface area contributed by atoms with E-state index in [1.54, 1.807) is 0 Å². The number of hydrogen-bond acceptors (Lipinski definition) is 3. The largest absolute Gasteiger partial charge is 0.494 e. The number of rotatable bonds is 5. The van der Waals surface area contributed by atoms with Crippen LogP contribution in [-0.2, 0) is 0 Å². The molecule has 20 heavy (non-hydrogen) atoms. The predicted molar refractivity (Wildman–Crippen MR) is 84.5 cm³/mol. The van der Waals surface area contributed by atoms with Gasteiger partial charge >= 0.3 is 0 Å². The number of nitrogens with zero attached hydrogens (tertiary/aromatic N) is 1. The third-order valence-corrected chi connectivity index (χ3v) is 3.95. The Kier molecular flexibility index (Phi) is 5.44. The summed E-state index contributed by atoms with van der Waals surface area (Å²) in [5.74, 6) is 1.00. The van der Waals surface area contributed by atoms with E-state index in [2.05, 4.69) is 56.1 Å². The molecule has 1 heterocycles. The van der Waals surface area contributed by atoms with Crippen LogP contribution >= 0.6 is 0 Å². The molecule has 0 aromatic heterocycles. The van der Waals surface area contributed by atoms with Crippen molar-refractivity contribution < 1.29 is 4.74 Å². The molecular formula is C17H28N2O. The van der Waals surface area contributed by atoms with Crippen LogP contribution in [0.25, 0.3) is 0 Å². The average Bonchev–Trinajstić information content (AvgIpc) is 2.37. The quantitative estimate of drug-likeness (QED) is 0.837. The van der Waals surface area contributed by atoms with Gasteiger partial charge in [-0.25, -0.2) is 0 Å². The van der Waals surface area contributed by atoms with Crippen molar-refractivity contribution >= 4 is 0 Å². The fourth-order valence-electron chi connectivity index (χ4n) is 2.88. The van der Waals surface area contributed by atoms with Crippen LogP contribution in [0.4, 0.5) is 0 Å². The van der Waals surface area contributed by atoms with Crippen LogP contribution in [0.1, 0.15) is 31.4 Å². The fourth-order valence-corrected chi connectivity index (χ4v) is 2.88. The van der Waals surface area contributed by atoms with Gasteiger partial charge in [0.2, 0.25) is 0 Å². The number of ether oxygens (including phenoxy) is 1. The SMILES string of the molecule is Cc1cc(C)cc(OCCCN2CC(C)NCC2C)c1. The summed E-state index contributed by atoms with van der Waals surface area (Å²) in [6.07, 6.45) is 1.09. The molecule has 1 fully saturated rings. The third kappa shape index (κ3) is 4.50. The summed E-state index contributed by atoms with van der Waals surface area (Å²) in [6.45, 7) is 12.9. The van der Waals surface area contributed by atoms with E-state index in [0.717, 1.165) is 38.4 Å². The summed E-state index contributed by atoms with van der Waals surface area (Å²) >= 11 is 0. The smallest absolute Gasteiger partial charge is 0.119 e. The van der Waals surface area contributed by atoms with E-state index < -0.39 is 0 Å². The number of benzene rings is 1. The summed E-state index contributed by atoms with van der Waals surface area (Å²) in [6, 6.07) is 7.64. The Labute approximate surface area is 123 Å². The highest BCUT2D eigenvalue weighted by Gasteiger charge is 2.21. The van der Waals surface area contributed by atoms with Crippen LogP contribution < -0.4 is 10.1 Å². The van der Waals surface area contributed by atoms with E-state index in [4.69, 9.17) is 4.74 Å². The van der Waals surface area contributed by atoms with Crippen LogP contribution in [-0.4, -0.2) is 43.2 Å². The number of hydrogen-bond donors (Lipinski definition) is 1. The van der Waals surface area contributed by atoms with Crippen LogP contribution in [0.2, 0.25) is 0 Å². The van der Waals surface area contributed by atoms with Crippen molar-refractivity contribution in [3.8, 4) is 5.75 Å². The van der Waals surface area contributed by atoms with E-state index in [9.17, 15) is 0 Å². The van der Waals surface area contributed by atoms with Crippen molar-refractivity contribution in [2.75, 3.05) is 26.2 Å². The predicted octanol–water partition coefficient (Wildman–Crippen LogP) is 2.75. The molecule has 2 rings (SSSR count). The fraction of sp³-hybridized carbons (Fsp3) is 0.647. The molecule has 1 N–H and O–H groups in total. The maximum atomic E-state index is 5.88. The number of aryl methyl sites for hydroxylation is 2. The van der Waals surface area contributed by atoms with Gasteiger partial charge in [-0.3, -0.25) is 4.90 Å². The molecule has 0 aliphatic carbocycles. The van der Waals surface area contributed by atoms with E-state index >= 15 is 0 Å². The lowest BCUT2D eigenvalue weighted by molar-refractivity contribution is 0.136. The van der Waals surface area contributed by atoms with Crippen LogP contribution in [0.15, 0.2) is 18.2 Å². The van der Waals surface area contributed by atoms with E-state index in [0.29, 0.717) is 12.1 Å². The molecule has 0 saturated carbocycles. The second-order valence-electron chi connectivity index (χ2n) is 6.18. The first-order valence-corrected chi connectivity index (χ1v) is 7.73. The summed E-state index contributed by atoms with van der Waals surface area (Å²) < 4.78 is 5.88. The molecule has 1 aliphatic rings. The standard InChI is InChI=1S/C17H28N2O/c1-13-8-14(2)10-17(9-13)20-7-5-6-19-12-15(3)18-11-16(19)4/h8-10,15-16,18H,5-7,11-12H2,1-4H3. The van der Waals surface area contributed by atoms with Crippen molar-refractivity contribution in [2.45, 2.75) is 46.2 Å². The molecular weight excluding hydrogens is 248 g/mol. The molecule has 1 aromatic carbocycles. The monoisotopic (exact) mass is 276 g/mol. The zero-order valence-corrected chi connectivity index (χ0v) is 13.3. The summed E-state index contributed by atoms with van der Waals surface area (Å²) in [5.41, 5.74) is 2.54. The Morgan fingerprint density at radius 3 is 2.60 bits per heavy atom.